The Hall–Kier alpha value is -1.62. The zero-order valence-corrected chi connectivity index (χ0v) is 11.2. The van der Waals surface area contributed by atoms with Crippen molar-refractivity contribution in [3.05, 3.63) is 33.9 Å². The van der Waals surface area contributed by atoms with E-state index < -0.39 is 0 Å². The molecular formula is C14H20N2O3. The molecule has 19 heavy (non-hydrogen) atoms. The van der Waals surface area contributed by atoms with Crippen molar-refractivity contribution in [2.75, 3.05) is 13.2 Å². The van der Waals surface area contributed by atoms with Crippen LogP contribution in [-0.2, 0) is 6.54 Å². The Kier molecular flexibility index (Phi) is 4.74. The van der Waals surface area contributed by atoms with Crippen molar-refractivity contribution in [3.63, 3.8) is 0 Å². The number of nitro groups is 1. The number of benzene rings is 1. The van der Waals surface area contributed by atoms with Crippen molar-refractivity contribution in [2.24, 2.45) is 5.92 Å². The summed E-state index contributed by atoms with van der Waals surface area (Å²) in [6.45, 7) is 4.24. The largest absolute Gasteiger partial charge is 0.487 e. The number of hydrogen-bond acceptors (Lipinski definition) is 4. The number of nitrogens with zero attached hydrogens (tertiary/aromatic N) is 1. The topological polar surface area (TPSA) is 64.4 Å². The van der Waals surface area contributed by atoms with Gasteiger partial charge in [0, 0.05) is 12.6 Å². The average molecular weight is 264 g/mol. The van der Waals surface area contributed by atoms with E-state index in [1.165, 1.54) is 12.8 Å². The molecule has 2 rings (SSSR count). The van der Waals surface area contributed by atoms with E-state index in [0.717, 1.165) is 18.5 Å². The normalized spacial score (nSPS) is 14.4. The van der Waals surface area contributed by atoms with Crippen LogP contribution in [0.4, 0.5) is 5.69 Å². The summed E-state index contributed by atoms with van der Waals surface area (Å²) >= 11 is 0. The highest BCUT2D eigenvalue weighted by molar-refractivity contribution is 5.48. The molecule has 0 spiro atoms. The van der Waals surface area contributed by atoms with Gasteiger partial charge in [0.05, 0.1) is 11.5 Å². The van der Waals surface area contributed by atoms with E-state index in [4.69, 9.17) is 4.74 Å². The molecule has 1 aliphatic carbocycles. The molecule has 0 radical (unpaired) electrons. The molecule has 0 heterocycles. The maximum Gasteiger partial charge on any atom is 0.311 e. The third-order valence-corrected chi connectivity index (χ3v) is 3.15. The van der Waals surface area contributed by atoms with Crippen LogP contribution in [-0.4, -0.2) is 18.1 Å². The molecule has 0 aromatic heterocycles. The highest BCUT2D eigenvalue weighted by Gasteiger charge is 2.24. The van der Waals surface area contributed by atoms with E-state index in [1.807, 2.05) is 6.07 Å². The molecule has 0 unspecified atom stereocenters. The minimum atomic E-state index is -0.369. The monoisotopic (exact) mass is 264 g/mol. The summed E-state index contributed by atoms with van der Waals surface area (Å²) in [6, 6.07) is 5.20. The second-order valence-electron chi connectivity index (χ2n) is 4.99. The van der Waals surface area contributed by atoms with E-state index in [9.17, 15) is 10.1 Å². The first-order valence-electron chi connectivity index (χ1n) is 6.81. The van der Waals surface area contributed by atoms with Crippen LogP contribution in [0.15, 0.2) is 18.2 Å². The fraction of sp³-hybridized carbons (Fsp3) is 0.571. The standard InChI is InChI=1S/C14H20N2O3/c1-2-7-15-9-12-5-6-14(13(8-12)16(17)18)19-10-11-3-4-11/h5-6,8,11,15H,2-4,7,9-10H2,1H3. The SMILES string of the molecule is CCCNCc1ccc(OCC2CC2)c([N+](=O)[O-])c1. The van der Waals surface area contributed by atoms with Crippen LogP contribution >= 0.6 is 0 Å². The van der Waals surface area contributed by atoms with Gasteiger partial charge in [-0.25, -0.2) is 0 Å². The first-order valence-corrected chi connectivity index (χ1v) is 6.81. The summed E-state index contributed by atoms with van der Waals surface area (Å²) in [4.78, 5) is 10.7. The van der Waals surface area contributed by atoms with Crippen molar-refractivity contribution in [3.8, 4) is 5.75 Å². The van der Waals surface area contributed by atoms with E-state index in [0.29, 0.717) is 24.8 Å². The third-order valence-electron chi connectivity index (χ3n) is 3.15. The lowest BCUT2D eigenvalue weighted by molar-refractivity contribution is -0.385. The number of ether oxygens (including phenoxy) is 1. The molecule has 0 atom stereocenters. The minimum absolute atomic E-state index is 0.0662. The molecule has 1 aliphatic rings. The van der Waals surface area contributed by atoms with E-state index >= 15 is 0 Å². The van der Waals surface area contributed by atoms with Crippen LogP contribution in [0.2, 0.25) is 0 Å². The van der Waals surface area contributed by atoms with Crippen LogP contribution in [0.1, 0.15) is 31.7 Å². The second kappa shape index (κ2) is 6.52. The molecule has 0 aliphatic heterocycles. The van der Waals surface area contributed by atoms with E-state index in [-0.39, 0.29) is 10.6 Å². The molecule has 0 saturated heterocycles. The maximum absolute atomic E-state index is 11.1. The molecule has 0 bridgehead atoms. The first-order chi connectivity index (χ1) is 9.20. The summed E-state index contributed by atoms with van der Waals surface area (Å²) in [5.74, 6) is 0.974. The fourth-order valence-corrected chi connectivity index (χ4v) is 1.84. The number of nitrogens with one attached hydrogen (secondary N) is 1. The zero-order valence-electron chi connectivity index (χ0n) is 11.2. The van der Waals surface area contributed by atoms with Gasteiger partial charge in [0.25, 0.3) is 0 Å². The van der Waals surface area contributed by atoms with E-state index in [1.54, 1.807) is 12.1 Å². The number of rotatable bonds is 8. The Morgan fingerprint density at radius 3 is 2.89 bits per heavy atom. The highest BCUT2D eigenvalue weighted by atomic mass is 16.6. The molecule has 1 N–H and O–H groups in total. The van der Waals surface area contributed by atoms with Crippen molar-refractivity contribution in [1.29, 1.82) is 0 Å². The summed E-state index contributed by atoms with van der Waals surface area (Å²) in [7, 11) is 0. The summed E-state index contributed by atoms with van der Waals surface area (Å²) in [6.07, 6.45) is 3.39. The lowest BCUT2D eigenvalue weighted by atomic mass is 10.2. The molecular weight excluding hydrogens is 244 g/mol. The van der Waals surface area contributed by atoms with Gasteiger partial charge in [-0.05, 0) is 43.4 Å². The molecule has 1 saturated carbocycles. The van der Waals surface area contributed by atoms with Crippen LogP contribution < -0.4 is 10.1 Å². The summed E-state index contributed by atoms with van der Waals surface area (Å²) < 4.78 is 5.54. The van der Waals surface area contributed by atoms with Gasteiger partial charge in [0.2, 0.25) is 0 Å². The van der Waals surface area contributed by atoms with Gasteiger partial charge in [-0.1, -0.05) is 13.0 Å². The Balaban J connectivity index is 2.02. The third kappa shape index (κ3) is 4.21. The Labute approximate surface area is 113 Å². The van der Waals surface area contributed by atoms with Crippen molar-refractivity contribution >= 4 is 5.69 Å². The van der Waals surface area contributed by atoms with E-state index in [2.05, 4.69) is 12.2 Å². The molecule has 104 valence electrons. The fourth-order valence-electron chi connectivity index (χ4n) is 1.84. The van der Waals surface area contributed by atoms with Gasteiger partial charge >= 0.3 is 5.69 Å². The smallest absolute Gasteiger partial charge is 0.311 e. The lowest BCUT2D eigenvalue weighted by Gasteiger charge is -2.08. The van der Waals surface area contributed by atoms with Crippen molar-refractivity contribution in [2.45, 2.75) is 32.7 Å². The first kappa shape index (κ1) is 13.8. The van der Waals surface area contributed by atoms with Gasteiger partial charge in [-0.15, -0.1) is 0 Å². The Morgan fingerprint density at radius 1 is 1.47 bits per heavy atom. The predicted octanol–water partition coefficient (Wildman–Crippen LogP) is 2.88. The van der Waals surface area contributed by atoms with Gasteiger partial charge in [-0.3, -0.25) is 10.1 Å². The Bertz CT molecular complexity index is 444. The highest BCUT2D eigenvalue weighted by Crippen LogP contribution is 2.33. The molecule has 5 heteroatoms. The molecule has 1 aromatic carbocycles. The lowest BCUT2D eigenvalue weighted by Crippen LogP contribution is -2.14. The van der Waals surface area contributed by atoms with Crippen molar-refractivity contribution in [1.82, 2.24) is 5.32 Å². The molecule has 5 nitrogen and oxygen atoms in total. The van der Waals surface area contributed by atoms with Crippen molar-refractivity contribution < 1.29 is 9.66 Å². The predicted molar refractivity (Wildman–Crippen MR) is 73.3 cm³/mol. The Morgan fingerprint density at radius 2 is 2.26 bits per heavy atom. The van der Waals surface area contributed by atoms with Crippen LogP contribution in [0.3, 0.4) is 0 Å². The maximum atomic E-state index is 11.1. The number of nitro benzene ring substituents is 1. The van der Waals surface area contributed by atoms with Gasteiger partial charge in [-0.2, -0.15) is 0 Å². The molecule has 1 fully saturated rings. The average Bonchev–Trinajstić information content (AvgIpc) is 3.21. The van der Waals surface area contributed by atoms with Crippen LogP contribution in [0.25, 0.3) is 0 Å². The van der Waals surface area contributed by atoms with Gasteiger partial charge < -0.3 is 10.1 Å². The quantitative estimate of drug-likeness (QED) is 0.445. The number of hydrogen-bond donors (Lipinski definition) is 1. The van der Waals surface area contributed by atoms with Crippen LogP contribution in [0.5, 0.6) is 5.75 Å². The molecule has 0 amide bonds. The van der Waals surface area contributed by atoms with Gasteiger partial charge in [0.15, 0.2) is 5.75 Å². The minimum Gasteiger partial charge on any atom is -0.487 e. The van der Waals surface area contributed by atoms with Gasteiger partial charge in [0.1, 0.15) is 0 Å². The summed E-state index contributed by atoms with van der Waals surface area (Å²) in [5.41, 5.74) is 0.982. The second-order valence-corrected chi connectivity index (χ2v) is 4.99. The molecule has 1 aromatic rings. The van der Waals surface area contributed by atoms with Crippen LogP contribution in [0, 0.1) is 16.0 Å². The summed E-state index contributed by atoms with van der Waals surface area (Å²) in [5, 5.41) is 14.3. The zero-order chi connectivity index (χ0) is 13.7.